The van der Waals surface area contributed by atoms with E-state index in [4.69, 9.17) is 5.11 Å². The van der Waals surface area contributed by atoms with Crippen LogP contribution in [0.4, 0.5) is 0 Å². The average molecular weight is 196 g/mol. The van der Waals surface area contributed by atoms with Crippen LogP contribution in [0.3, 0.4) is 0 Å². The van der Waals surface area contributed by atoms with Crippen LogP contribution >= 0.6 is 0 Å². The molecule has 0 bridgehead atoms. The molecule has 0 fully saturated rings. The van der Waals surface area contributed by atoms with E-state index in [9.17, 15) is 4.79 Å². The molecule has 4 heteroatoms. The smallest absolute Gasteiger partial charge is 0.356 e. The third kappa shape index (κ3) is 1.95. The number of hydrogen-bond donors (Lipinski definition) is 1. The number of hydrogen-bond acceptors (Lipinski definition) is 2. The number of aryl methyl sites for hydroxylation is 1. The molecule has 0 aliphatic rings. The van der Waals surface area contributed by atoms with Gasteiger partial charge in [-0.1, -0.05) is 20.8 Å². The molecule has 78 valence electrons. The Hall–Kier alpha value is -1.32. The topological polar surface area (TPSA) is 55.1 Å². The molecule has 0 radical (unpaired) electrons. The van der Waals surface area contributed by atoms with Crippen molar-refractivity contribution in [3.63, 3.8) is 0 Å². The van der Waals surface area contributed by atoms with Crippen molar-refractivity contribution in [2.24, 2.45) is 0 Å². The van der Waals surface area contributed by atoms with E-state index in [1.807, 2.05) is 32.3 Å². The highest BCUT2D eigenvalue weighted by Gasteiger charge is 2.22. The molecule has 0 saturated carbocycles. The molecule has 1 aromatic rings. The quantitative estimate of drug-likeness (QED) is 0.786. The second kappa shape index (κ2) is 3.44. The number of aromatic carboxylic acids is 1. The van der Waals surface area contributed by atoms with E-state index in [0.29, 0.717) is 0 Å². The van der Waals surface area contributed by atoms with Crippen molar-refractivity contribution >= 4 is 5.97 Å². The lowest BCUT2D eigenvalue weighted by Crippen LogP contribution is -2.18. The summed E-state index contributed by atoms with van der Waals surface area (Å²) in [6, 6.07) is 0. The number of imidazole rings is 1. The lowest BCUT2D eigenvalue weighted by Gasteiger charge is -2.18. The van der Waals surface area contributed by atoms with Crippen molar-refractivity contribution in [1.29, 1.82) is 0 Å². The third-order valence-electron chi connectivity index (χ3n) is 2.01. The molecule has 14 heavy (non-hydrogen) atoms. The van der Waals surface area contributed by atoms with Crippen LogP contribution in [0.5, 0.6) is 0 Å². The van der Waals surface area contributed by atoms with Gasteiger partial charge in [-0.3, -0.25) is 0 Å². The first-order chi connectivity index (χ1) is 6.36. The van der Waals surface area contributed by atoms with Gasteiger partial charge in [0.2, 0.25) is 0 Å². The summed E-state index contributed by atoms with van der Waals surface area (Å²) < 4.78 is 1.88. The van der Waals surface area contributed by atoms with Gasteiger partial charge in [0, 0.05) is 18.2 Å². The lowest BCUT2D eigenvalue weighted by atomic mass is 9.96. The molecule has 0 unspecified atom stereocenters. The largest absolute Gasteiger partial charge is 0.476 e. The van der Waals surface area contributed by atoms with Gasteiger partial charge < -0.3 is 9.67 Å². The summed E-state index contributed by atoms with van der Waals surface area (Å²) >= 11 is 0. The van der Waals surface area contributed by atoms with Gasteiger partial charge in [-0.15, -0.1) is 0 Å². The molecule has 0 aromatic carbocycles. The minimum atomic E-state index is -0.970. The minimum Gasteiger partial charge on any atom is -0.476 e. The van der Waals surface area contributed by atoms with Gasteiger partial charge in [0.25, 0.3) is 0 Å². The number of carbonyl (C=O) groups is 1. The van der Waals surface area contributed by atoms with E-state index in [2.05, 4.69) is 4.98 Å². The van der Waals surface area contributed by atoms with Crippen molar-refractivity contribution in [3.05, 3.63) is 17.7 Å². The van der Waals surface area contributed by atoms with E-state index >= 15 is 0 Å². The highest BCUT2D eigenvalue weighted by Crippen LogP contribution is 2.21. The normalized spacial score (nSPS) is 11.7. The fraction of sp³-hybridized carbons (Fsp3) is 0.600. The number of nitrogens with zero attached hydrogens (tertiary/aromatic N) is 2. The summed E-state index contributed by atoms with van der Waals surface area (Å²) in [5.41, 5.74) is 0.000694. The fourth-order valence-electron chi connectivity index (χ4n) is 1.36. The standard InChI is InChI=1S/C10H16N2O2/c1-5-12-6-7(8(13)14)11-9(12)10(2,3)4/h6H,5H2,1-4H3,(H,13,14). The second-order valence-electron chi connectivity index (χ2n) is 4.29. The molecule has 0 atom stereocenters. The van der Waals surface area contributed by atoms with Gasteiger partial charge in [0.05, 0.1) is 0 Å². The van der Waals surface area contributed by atoms with Gasteiger partial charge in [-0.05, 0) is 6.92 Å². The van der Waals surface area contributed by atoms with E-state index in [0.717, 1.165) is 12.4 Å². The maximum Gasteiger partial charge on any atom is 0.356 e. The van der Waals surface area contributed by atoms with Crippen molar-refractivity contribution in [3.8, 4) is 0 Å². The molecule has 1 N–H and O–H groups in total. The number of carboxylic acids is 1. The van der Waals surface area contributed by atoms with Crippen LogP contribution < -0.4 is 0 Å². The monoisotopic (exact) mass is 196 g/mol. The van der Waals surface area contributed by atoms with Crippen LogP contribution in [0.2, 0.25) is 0 Å². The molecule has 4 nitrogen and oxygen atoms in total. The third-order valence-corrected chi connectivity index (χ3v) is 2.01. The van der Waals surface area contributed by atoms with Crippen LogP contribution in [-0.4, -0.2) is 20.6 Å². The van der Waals surface area contributed by atoms with Gasteiger partial charge in [0.1, 0.15) is 5.82 Å². The van der Waals surface area contributed by atoms with Gasteiger partial charge in [-0.25, -0.2) is 9.78 Å². The Labute approximate surface area is 83.6 Å². The van der Waals surface area contributed by atoms with Crippen LogP contribution in [0, 0.1) is 0 Å². The molecule has 0 amide bonds. The first kappa shape index (κ1) is 10.8. The zero-order valence-corrected chi connectivity index (χ0v) is 9.03. The Balaban J connectivity index is 3.22. The second-order valence-corrected chi connectivity index (χ2v) is 4.29. The summed E-state index contributed by atoms with van der Waals surface area (Å²) in [4.78, 5) is 14.8. The molecule has 0 aliphatic carbocycles. The zero-order chi connectivity index (χ0) is 10.9. The first-order valence-corrected chi connectivity index (χ1v) is 4.67. The molecule has 1 aromatic heterocycles. The van der Waals surface area contributed by atoms with Gasteiger partial charge in [0.15, 0.2) is 5.69 Å². The van der Waals surface area contributed by atoms with E-state index in [-0.39, 0.29) is 11.1 Å². The molecule has 0 aliphatic heterocycles. The van der Waals surface area contributed by atoms with Gasteiger partial charge in [-0.2, -0.15) is 0 Å². The van der Waals surface area contributed by atoms with E-state index in [1.165, 1.54) is 0 Å². The Morgan fingerprint density at radius 2 is 2.14 bits per heavy atom. The summed E-state index contributed by atoms with van der Waals surface area (Å²) in [6.07, 6.45) is 1.59. The van der Waals surface area contributed by atoms with E-state index < -0.39 is 5.97 Å². The predicted octanol–water partition coefficient (Wildman–Crippen LogP) is 1.90. The van der Waals surface area contributed by atoms with Crippen LogP contribution in [0.1, 0.15) is 44.0 Å². The molecule has 1 rings (SSSR count). The van der Waals surface area contributed by atoms with Crippen LogP contribution in [0.25, 0.3) is 0 Å². The fourth-order valence-corrected chi connectivity index (χ4v) is 1.36. The number of rotatable bonds is 2. The molecular formula is C10H16N2O2. The zero-order valence-electron chi connectivity index (χ0n) is 9.03. The summed E-state index contributed by atoms with van der Waals surface area (Å²) in [7, 11) is 0. The van der Waals surface area contributed by atoms with Crippen LogP contribution in [-0.2, 0) is 12.0 Å². The lowest BCUT2D eigenvalue weighted by molar-refractivity contribution is 0.0691. The first-order valence-electron chi connectivity index (χ1n) is 4.67. The Kier molecular flexibility index (Phi) is 2.64. The van der Waals surface area contributed by atoms with E-state index in [1.54, 1.807) is 6.20 Å². The maximum atomic E-state index is 10.7. The molecule has 1 heterocycles. The van der Waals surface area contributed by atoms with Crippen LogP contribution in [0.15, 0.2) is 6.20 Å². The van der Waals surface area contributed by atoms with Gasteiger partial charge >= 0.3 is 5.97 Å². The predicted molar refractivity (Wildman–Crippen MR) is 53.6 cm³/mol. The van der Waals surface area contributed by atoms with Crippen molar-refractivity contribution in [2.45, 2.75) is 39.7 Å². The average Bonchev–Trinajstić information content (AvgIpc) is 2.46. The molecule has 0 saturated heterocycles. The Bertz CT molecular complexity index is 347. The highest BCUT2D eigenvalue weighted by atomic mass is 16.4. The van der Waals surface area contributed by atoms with Crippen molar-refractivity contribution in [2.75, 3.05) is 0 Å². The molecular weight excluding hydrogens is 180 g/mol. The SMILES string of the molecule is CCn1cc(C(=O)O)nc1C(C)(C)C. The van der Waals surface area contributed by atoms with Crippen molar-refractivity contribution in [1.82, 2.24) is 9.55 Å². The maximum absolute atomic E-state index is 10.7. The minimum absolute atomic E-state index is 0.121. The summed E-state index contributed by atoms with van der Waals surface area (Å²) in [5.74, 6) is -0.153. The molecule has 0 spiro atoms. The highest BCUT2D eigenvalue weighted by molar-refractivity contribution is 5.85. The Morgan fingerprint density at radius 1 is 1.57 bits per heavy atom. The number of carboxylic acid groups (broad SMARTS) is 1. The summed E-state index contributed by atoms with van der Waals surface area (Å²) in [5, 5.41) is 8.81. The summed E-state index contributed by atoms with van der Waals surface area (Å²) in [6.45, 7) is 8.78. The number of aromatic nitrogens is 2. The Morgan fingerprint density at radius 3 is 2.43 bits per heavy atom. The van der Waals surface area contributed by atoms with Crippen molar-refractivity contribution < 1.29 is 9.90 Å².